The van der Waals surface area contributed by atoms with Gasteiger partial charge in [0.1, 0.15) is 5.76 Å². The molecule has 0 aliphatic carbocycles. The van der Waals surface area contributed by atoms with E-state index in [2.05, 4.69) is 0 Å². The predicted molar refractivity (Wildman–Crippen MR) is 119 cm³/mol. The van der Waals surface area contributed by atoms with Gasteiger partial charge in [0.15, 0.2) is 5.78 Å². The Morgan fingerprint density at radius 1 is 0.667 bits per heavy atom. The first kappa shape index (κ1) is 35.7. The van der Waals surface area contributed by atoms with Crippen LogP contribution in [0.4, 0.5) is 0 Å². The molecule has 0 bridgehead atoms. The monoisotopic (exact) mass is 589 g/mol. The van der Waals surface area contributed by atoms with Gasteiger partial charge < -0.3 is 25.5 Å². The molecule has 0 saturated heterocycles. The van der Waals surface area contributed by atoms with Crippen LogP contribution < -0.4 is 0 Å². The van der Waals surface area contributed by atoms with Crippen molar-refractivity contribution in [2.24, 2.45) is 0 Å². The van der Waals surface area contributed by atoms with Gasteiger partial charge in [-0.05, 0) is 27.7 Å². The van der Waals surface area contributed by atoms with Crippen molar-refractivity contribution in [1.29, 1.82) is 0 Å². The first-order chi connectivity index (χ1) is 13.9. The number of benzene rings is 2. The second-order valence-corrected chi connectivity index (χ2v) is 4.89. The standard InChI is InChI=1S/C15H12O2.4C2H6O.Ta/c16-14(12-7-3-1-4-8-12)11-15(17)13-9-5-2-6-10-13;4*1-2-3;/h1-11,16H;4*3H,2H2,1H3;/b14-11-;;;;;. The van der Waals surface area contributed by atoms with E-state index in [1.54, 1.807) is 64.1 Å². The molecule has 2 aromatic rings. The molecule has 0 spiro atoms. The van der Waals surface area contributed by atoms with Crippen molar-refractivity contribution in [3.8, 4) is 0 Å². The molecule has 1 radical (unpaired) electrons. The maximum Gasteiger partial charge on any atom is 0.189 e. The first-order valence-corrected chi connectivity index (χ1v) is 9.42. The largest absolute Gasteiger partial charge is 0.507 e. The number of hydrogen-bond acceptors (Lipinski definition) is 6. The molecule has 2 aromatic carbocycles. The molecule has 0 aliphatic heterocycles. The number of hydrogen-bond donors (Lipinski definition) is 5. The van der Waals surface area contributed by atoms with Gasteiger partial charge in [0.2, 0.25) is 0 Å². The van der Waals surface area contributed by atoms with Gasteiger partial charge in [-0.3, -0.25) is 4.79 Å². The zero-order chi connectivity index (χ0) is 22.9. The van der Waals surface area contributed by atoms with Crippen molar-refractivity contribution in [2.45, 2.75) is 27.7 Å². The maximum atomic E-state index is 11.8. The molecule has 0 heterocycles. The van der Waals surface area contributed by atoms with Crippen LogP contribution in [-0.4, -0.2) is 57.7 Å². The molecule has 0 fully saturated rings. The summed E-state index contributed by atoms with van der Waals surface area (Å²) in [6.45, 7) is 7.72. The van der Waals surface area contributed by atoms with Crippen LogP contribution in [0.1, 0.15) is 43.6 Å². The predicted octanol–water partition coefficient (Wildman–Crippen LogP) is 3.46. The van der Waals surface area contributed by atoms with Crippen LogP contribution in [0, 0.1) is 0 Å². The second kappa shape index (κ2) is 29.4. The minimum atomic E-state index is -0.202. The molecule has 0 amide bonds. The van der Waals surface area contributed by atoms with Crippen LogP contribution in [0.25, 0.3) is 5.76 Å². The van der Waals surface area contributed by atoms with Gasteiger partial charge in [-0.25, -0.2) is 0 Å². The third kappa shape index (κ3) is 24.3. The number of aliphatic hydroxyl groups excluding tert-OH is 5. The van der Waals surface area contributed by atoms with Crippen LogP contribution in [0.15, 0.2) is 66.7 Å². The minimum Gasteiger partial charge on any atom is -0.507 e. The number of aliphatic hydroxyl groups is 5. The van der Waals surface area contributed by atoms with E-state index < -0.39 is 0 Å². The summed E-state index contributed by atoms with van der Waals surface area (Å²) in [5.41, 5.74) is 1.20. The van der Waals surface area contributed by atoms with Crippen molar-refractivity contribution in [1.82, 2.24) is 0 Å². The maximum absolute atomic E-state index is 11.8. The summed E-state index contributed by atoms with van der Waals surface area (Å²) in [5, 5.41) is 40.1. The molecule has 0 aliphatic rings. The fourth-order valence-corrected chi connectivity index (χ4v) is 1.50. The molecule has 30 heavy (non-hydrogen) atoms. The third-order valence-electron chi connectivity index (χ3n) is 2.40. The molecule has 0 saturated carbocycles. The Hall–Kier alpha value is -1.77. The number of carbonyl (C=O) groups is 1. The minimum absolute atomic E-state index is 0. The Kier molecular flexibility index (Phi) is 35.0. The zero-order valence-corrected chi connectivity index (χ0v) is 21.5. The van der Waals surface area contributed by atoms with Gasteiger partial charge in [0, 0.05) is 66.0 Å². The SMILES string of the molecule is CCO.CCO.CCO.CCO.O=C(/C=C(\O)c1ccccc1)c1ccccc1.[Ta]. The van der Waals surface area contributed by atoms with Crippen molar-refractivity contribution < 1.29 is 52.7 Å². The molecule has 2 rings (SSSR count). The number of carbonyl (C=O) groups excluding carboxylic acids is 1. The average Bonchev–Trinajstić information content (AvgIpc) is 2.72. The van der Waals surface area contributed by atoms with Crippen LogP contribution in [-0.2, 0) is 22.4 Å². The molecule has 0 unspecified atom stereocenters. The molecule has 0 aromatic heterocycles. The van der Waals surface area contributed by atoms with Gasteiger partial charge >= 0.3 is 0 Å². The molecule has 7 heteroatoms. The van der Waals surface area contributed by atoms with Crippen molar-refractivity contribution in [3.05, 3.63) is 77.9 Å². The quantitative estimate of drug-likeness (QED) is 0.213. The van der Waals surface area contributed by atoms with Crippen molar-refractivity contribution >= 4 is 11.5 Å². The van der Waals surface area contributed by atoms with E-state index >= 15 is 0 Å². The van der Waals surface area contributed by atoms with E-state index in [0.29, 0.717) is 11.1 Å². The molecule has 169 valence electrons. The van der Waals surface area contributed by atoms with Gasteiger partial charge in [-0.2, -0.15) is 0 Å². The van der Waals surface area contributed by atoms with Gasteiger partial charge in [0.25, 0.3) is 0 Å². The Balaban J connectivity index is -0.000000219. The topological polar surface area (TPSA) is 118 Å². The molecule has 5 N–H and O–H groups in total. The third-order valence-corrected chi connectivity index (χ3v) is 2.40. The first-order valence-electron chi connectivity index (χ1n) is 9.42. The van der Waals surface area contributed by atoms with Crippen LogP contribution in [0.2, 0.25) is 0 Å². The van der Waals surface area contributed by atoms with E-state index in [4.69, 9.17) is 20.4 Å². The molecule has 6 nitrogen and oxygen atoms in total. The summed E-state index contributed by atoms with van der Waals surface area (Å²) >= 11 is 0. The summed E-state index contributed by atoms with van der Waals surface area (Å²) in [6.07, 6.45) is 1.24. The van der Waals surface area contributed by atoms with Gasteiger partial charge in [-0.15, -0.1) is 0 Å². The smallest absolute Gasteiger partial charge is 0.189 e. The van der Waals surface area contributed by atoms with Gasteiger partial charge in [-0.1, -0.05) is 60.7 Å². The van der Waals surface area contributed by atoms with E-state index in [9.17, 15) is 9.90 Å². The number of ketones is 1. The summed E-state index contributed by atoms with van der Waals surface area (Å²) in [5.74, 6) is -0.216. The molecule has 0 atom stereocenters. The fourth-order valence-electron chi connectivity index (χ4n) is 1.50. The Morgan fingerprint density at radius 2 is 0.933 bits per heavy atom. The number of rotatable bonds is 3. The molecular formula is C23H36O6Ta. The zero-order valence-electron chi connectivity index (χ0n) is 18.3. The van der Waals surface area contributed by atoms with E-state index in [-0.39, 0.29) is 60.4 Å². The Labute approximate surface area is 196 Å². The van der Waals surface area contributed by atoms with Crippen molar-refractivity contribution in [2.75, 3.05) is 26.4 Å². The van der Waals surface area contributed by atoms with Crippen LogP contribution in [0.5, 0.6) is 0 Å². The summed E-state index contributed by atoms with van der Waals surface area (Å²) < 4.78 is 0. The normalized spacial score (nSPS) is 8.73. The summed E-state index contributed by atoms with van der Waals surface area (Å²) in [4.78, 5) is 11.8. The van der Waals surface area contributed by atoms with Crippen LogP contribution in [0.3, 0.4) is 0 Å². The van der Waals surface area contributed by atoms with Crippen LogP contribution >= 0.6 is 0 Å². The second-order valence-electron chi connectivity index (χ2n) is 4.89. The van der Waals surface area contributed by atoms with Gasteiger partial charge in [0.05, 0.1) is 0 Å². The Bertz CT molecular complexity index is 596. The molecular weight excluding hydrogens is 553 g/mol. The van der Waals surface area contributed by atoms with E-state index in [0.717, 1.165) is 0 Å². The fraction of sp³-hybridized carbons (Fsp3) is 0.348. The average molecular weight is 589 g/mol. The number of allylic oxidation sites excluding steroid dienone is 1. The summed E-state index contributed by atoms with van der Waals surface area (Å²) in [7, 11) is 0. The summed E-state index contributed by atoms with van der Waals surface area (Å²) in [6, 6.07) is 17.9. The van der Waals surface area contributed by atoms with E-state index in [1.807, 2.05) is 24.3 Å². The Morgan fingerprint density at radius 3 is 1.23 bits per heavy atom. The van der Waals surface area contributed by atoms with Crippen molar-refractivity contribution in [3.63, 3.8) is 0 Å². The van der Waals surface area contributed by atoms with E-state index in [1.165, 1.54) is 6.08 Å².